The van der Waals surface area contributed by atoms with Crippen LogP contribution in [0.1, 0.15) is 47.0 Å². The number of nitrogens with zero attached hydrogens (tertiary/aromatic N) is 3. The molecule has 0 aliphatic carbocycles. The third kappa shape index (κ3) is 5.19. The van der Waals surface area contributed by atoms with E-state index in [1.165, 1.54) is 40.3 Å². The summed E-state index contributed by atoms with van der Waals surface area (Å²) in [5, 5.41) is 2.70. The minimum absolute atomic E-state index is 0.0876. The van der Waals surface area contributed by atoms with Crippen LogP contribution in [-0.2, 0) is 9.59 Å². The van der Waals surface area contributed by atoms with Gasteiger partial charge < -0.3 is 19.9 Å². The molecular weight excluding hydrogens is 474 g/mol. The van der Waals surface area contributed by atoms with Crippen molar-refractivity contribution in [2.45, 2.75) is 50.9 Å². The van der Waals surface area contributed by atoms with Gasteiger partial charge >= 0.3 is 6.61 Å². The molecule has 2 aliphatic rings. The number of benzene rings is 1. The molecule has 11 heteroatoms. The molecule has 1 aromatic carbocycles. The molecule has 2 aromatic rings. The second-order valence-electron chi connectivity index (χ2n) is 8.66. The summed E-state index contributed by atoms with van der Waals surface area (Å²) in [6.45, 7) is -0.938. The lowest BCUT2D eigenvalue weighted by Gasteiger charge is -2.28. The van der Waals surface area contributed by atoms with Gasteiger partial charge in [-0.25, -0.2) is 0 Å². The number of ether oxygens (including phenoxy) is 1. The van der Waals surface area contributed by atoms with Crippen LogP contribution >= 0.6 is 0 Å². The first-order valence-electron chi connectivity index (χ1n) is 11.7. The molecule has 190 valence electrons. The number of halogens is 2. The van der Waals surface area contributed by atoms with Gasteiger partial charge in [0.15, 0.2) is 5.78 Å². The zero-order valence-electron chi connectivity index (χ0n) is 19.6. The number of nitrogens with one attached hydrogen (secondary N) is 1. The van der Waals surface area contributed by atoms with E-state index >= 15 is 0 Å². The molecule has 2 fully saturated rings. The number of carbonyl (C=O) groups is 4. The van der Waals surface area contributed by atoms with Crippen molar-refractivity contribution >= 4 is 23.5 Å². The number of hydrogen-bond acceptors (Lipinski definition) is 6. The van der Waals surface area contributed by atoms with E-state index < -0.39 is 36.6 Å². The molecule has 0 radical (unpaired) electrons. The molecule has 0 bridgehead atoms. The van der Waals surface area contributed by atoms with Gasteiger partial charge in [0.05, 0.1) is 12.6 Å². The Morgan fingerprint density at radius 1 is 1.14 bits per heavy atom. The fourth-order valence-electron chi connectivity index (χ4n) is 4.75. The van der Waals surface area contributed by atoms with Crippen LogP contribution in [0.2, 0.25) is 0 Å². The zero-order valence-corrected chi connectivity index (χ0v) is 19.6. The molecule has 2 saturated heterocycles. The van der Waals surface area contributed by atoms with Crippen LogP contribution in [0, 0.1) is 0 Å². The van der Waals surface area contributed by atoms with E-state index in [0.29, 0.717) is 19.3 Å². The number of likely N-dealkylation sites (tertiary alicyclic amines) is 2. The maximum Gasteiger partial charge on any atom is 0.387 e. The first kappa shape index (κ1) is 25.2. The Morgan fingerprint density at radius 3 is 2.53 bits per heavy atom. The number of amides is 3. The lowest BCUT2D eigenvalue weighted by molar-refractivity contribution is -0.138. The molecule has 3 amide bonds. The summed E-state index contributed by atoms with van der Waals surface area (Å²) in [5.74, 6) is -1.62. The zero-order chi connectivity index (χ0) is 25.8. The maximum atomic E-state index is 13.5. The van der Waals surface area contributed by atoms with Gasteiger partial charge in [-0.2, -0.15) is 8.78 Å². The number of pyridine rings is 1. The predicted molar refractivity (Wildman–Crippen MR) is 123 cm³/mol. The Labute approximate surface area is 206 Å². The Kier molecular flexibility index (Phi) is 7.56. The average Bonchev–Trinajstić information content (AvgIpc) is 3.45. The molecule has 0 spiro atoms. The van der Waals surface area contributed by atoms with Crippen LogP contribution in [0.25, 0.3) is 0 Å². The Balaban J connectivity index is 1.45. The molecule has 4 rings (SSSR count). The van der Waals surface area contributed by atoms with Gasteiger partial charge in [0, 0.05) is 18.3 Å². The van der Waals surface area contributed by atoms with Gasteiger partial charge in [0.25, 0.3) is 11.8 Å². The predicted octanol–water partition coefficient (Wildman–Crippen LogP) is 2.28. The third-order valence-electron chi connectivity index (χ3n) is 6.37. The van der Waals surface area contributed by atoms with E-state index in [-0.39, 0.29) is 41.8 Å². The smallest absolute Gasteiger partial charge is 0.387 e. The molecule has 3 atom stereocenters. The summed E-state index contributed by atoms with van der Waals surface area (Å²) in [4.78, 5) is 59.1. The molecule has 0 saturated carbocycles. The van der Waals surface area contributed by atoms with Crippen molar-refractivity contribution in [1.29, 1.82) is 0 Å². The van der Waals surface area contributed by atoms with E-state index in [1.54, 1.807) is 18.2 Å². The number of Topliss-reactive ketones (excluding diaryl/α,β-unsaturated/α-hetero) is 1. The number of carbonyl (C=O) groups excluding carboxylic acids is 4. The van der Waals surface area contributed by atoms with Crippen molar-refractivity contribution in [1.82, 2.24) is 20.1 Å². The van der Waals surface area contributed by atoms with E-state index in [1.807, 2.05) is 6.92 Å². The van der Waals surface area contributed by atoms with E-state index in [9.17, 15) is 28.0 Å². The van der Waals surface area contributed by atoms with Gasteiger partial charge in [-0.1, -0.05) is 19.4 Å². The van der Waals surface area contributed by atoms with Crippen molar-refractivity contribution in [3.05, 3.63) is 59.9 Å². The SMILES string of the molecule is CCCC(NC(=O)c1ccc(OC(F)F)cc1)C(=O)N1CCC2C1C(=O)CN2C(=O)c1ccccn1. The highest BCUT2D eigenvalue weighted by Crippen LogP contribution is 2.31. The van der Waals surface area contributed by atoms with Crippen molar-refractivity contribution in [3.63, 3.8) is 0 Å². The highest BCUT2D eigenvalue weighted by atomic mass is 19.3. The maximum absolute atomic E-state index is 13.5. The molecule has 1 N–H and O–H groups in total. The van der Waals surface area contributed by atoms with E-state index in [2.05, 4.69) is 15.0 Å². The quantitative estimate of drug-likeness (QED) is 0.596. The molecule has 1 aromatic heterocycles. The largest absolute Gasteiger partial charge is 0.435 e. The van der Waals surface area contributed by atoms with Crippen molar-refractivity contribution in [3.8, 4) is 5.75 Å². The number of aromatic nitrogens is 1. The van der Waals surface area contributed by atoms with Gasteiger partial charge in [0.2, 0.25) is 5.91 Å². The van der Waals surface area contributed by atoms with Crippen LogP contribution in [-0.4, -0.2) is 76.1 Å². The summed E-state index contributed by atoms with van der Waals surface area (Å²) in [5.41, 5.74) is 0.408. The first-order chi connectivity index (χ1) is 17.3. The Hall–Kier alpha value is -3.89. The summed E-state index contributed by atoms with van der Waals surface area (Å²) < 4.78 is 29.0. The van der Waals surface area contributed by atoms with Crippen molar-refractivity contribution < 1.29 is 32.7 Å². The fourth-order valence-corrected chi connectivity index (χ4v) is 4.75. The highest BCUT2D eigenvalue weighted by molar-refractivity contribution is 6.03. The Morgan fingerprint density at radius 2 is 1.89 bits per heavy atom. The Bertz CT molecular complexity index is 1130. The minimum atomic E-state index is -2.98. The second-order valence-corrected chi connectivity index (χ2v) is 8.66. The number of fused-ring (bicyclic) bond motifs is 1. The van der Waals surface area contributed by atoms with Crippen molar-refractivity contribution in [2.75, 3.05) is 13.1 Å². The average molecular weight is 501 g/mol. The summed E-state index contributed by atoms with van der Waals surface area (Å²) in [6, 6.07) is 8.00. The van der Waals surface area contributed by atoms with Gasteiger partial charge in [-0.3, -0.25) is 24.2 Å². The number of alkyl halides is 2. The third-order valence-corrected chi connectivity index (χ3v) is 6.37. The van der Waals surface area contributed by atoms with Crippen LogP contribution < -0.4 is 10.1 Å². The number of rotatable bonds is 8. The molecule has 3 heterocycles. The summed E-state index contributed by atoms with van der Waals surface area (Å²) >= 11 is 0. The first-order valence-corrected chi connectivity index (χ1v) is 11.7. The van der Waals surface area contributed by atoms with Crippen molar-refractivity contribution in [2.24, 2.45) is 0 Å². The number of ketones is 1. The molecule has 36 heavy (non-hydrogen) atoms. The van der Waals surface area contributed by atoms with Crippen LogP contribution in [0.5, 0.6) is 5.75 Å². The molecule has 9 nitrogen and oxygen atoms in total. The topological polar surface area (TPSA) is 109 Å². The lowest BCUT2D eigenvalue weighted by Crippen LogP contribution is -2.52. The van der Waals surface area contributed by atoms with Gasteiger partial charge in [-0.05, 0) is 49.2 Å². The van der Waals surface area contributed by atoms with E-state index in [4.69, 9.17) is 0 Å². The highest BCUT2D eigenvalue weighted by Gasteiger charge is 2.52. The molecule has 3 unspecified atom stereocenters. The lowest BCUT2D eigenvalue weighted by atomic mass is 10.1. The number of hydrogen-bond donors (Lipinski definition) is 1. The standard InChI is InChI=1S/C25H26F2N4O5/c1-2-5-18(29-22(33)15-7-9-16(10-8-15)36-25(26)27)24(35)30-13-11-19-21(30)20(32)14-31(19)23(34)17-6-3-4-12-28-17/h3-4,6-10,12,18-19,21,25H,2,5,11,13-14H2,1H3,(H,29,33). The van der Waals surface area contributed by atoms with Crippen LogP contribution in [0.15, 0.2) is 48.7 Å². The minimum Gasteiger partial charge on any atom is -0.435 e. The second kappa shape index (κ2) is 10.8. The summed E-state index contributed by atoms with van der Waals surface area (Å²) in [6.07, 6.45) is 2.89. The monoisotopic (exact) mass is 500 g/mol. The van der Waals surface area contributed by atoms with Gasteiger partial charge in [-0.15, -0.1) is 0 Å². The summed E-state index contributed by atoms with van der Waals surface area (Å²) in [7, 11) is 0. The van der Waals surface area contributed by atoms with Crippen LogP contribution in [0.4, 0.5) is 8.78 Å². The normalized spacial score (nSPS) is 19.8. The van der Waals surface area contributed by atoms with E-state index in [0.717, 1.165) is 0 Å². The van der Waals surface area contributed by atoms with Gasteiger partial charge in [0.1, 0.15) is 23.5 Å². The van der Waals surface area contributed by atoms with Crippen LogP contribution in [0.3, 0.4) is 0 Å². The molecular formula is C25H26F2N4O5. The fraction of sp³-hybridized carbons (Fsp3) is 0.400. The molecule has 2 aliphatic heterocycles.